The van der Waals surface area contributed by atoms with Crippen molar-refractivity contribution in [3.05, 3.63) is 89.2 Å². The van der Waals surface area contributed by atoms with Crippen LogP contribution in [0.3, 0.4) is 0 Å². The number of anilines is 2. The van der Waals surface area contributed by atoms with E-state index in [9.17, 15) is 39.9 Å². The van der Waals surface area contributed by atoms with Gasteiger partial charge in [0.1, 0.15) is 23.4 Å². The third-order valence-electron chi connectivity index (χ3n) is 11.7. The predicted octanol–water partition coefficient (Wildman–Crippen LogP) is 7.26. The summed E-state index contributed by atoms with van der Waals surface area (Å²) >= 11 is 0. The maximum absolute atomic E-state index is 14.5. The minimum Gasteiger partial charge on any atom is -0.507 e. The highest BCUT2D eigenvalue weighted by atomic mass is 16.7. The van der Waals surface area contributed by atoms with E-state index in [2.05, 4.69) is 15.8 Å². The summed E-state index contributed by atoms with van der Waals surface area (Å²) in [7, 11) is 1.43. The standard InChI is InChI=1S/C47H57N3O12/c1-23-15-14-16-24(2)46(58)48-37-32(20-19-25(3)49-50-31-17-12-11-13-18-31)41(55)34-35(42(37)56)40(54)29(7)44-36(34)45(57)47(9,62-44)60-22-21-33(59-10)26(4)43(61-30(8)51)28(6)39(53)27(5)38(23)52/h11-23,26-28,33,38-39,43,50,52-56H,1-10H3,(H,48,58)/b15-14?,20-19+,22-21?,24-16?,49-25+. The van der Waals surface area contributed by atoms with E-state index >= 15 is 0 Å². The second-order valence-corrected chi connectivity index (χ2v) is 16.2. The first-order valence-electron chi connectivity index (χ1n) is 20.3. The molecule has 5 bridgehead atoms. The zero-order valence-electron chi connectivity index (χ0n) is 36.6. The van der Waals surface area contributed by atoms with Crippen molar-refractivity contribution in [3.63, 3.8) is 0 Å². The number of methoxy groups -OCH3 is 1. The fraction of sp³-hybridized carbons (Fsp3) is 0.404. The number of hydrogen-bond acceptors (Lipinski definition) is 14. The lowest BCUT2D eigenvalue weighted by atomic mass is 9.78. The molecule has 3 aromatic rings. The van der Waals surface area contributed by atoms with E-state index in [1.165, 1.54) is 65.4 Å². The zero-order chi connectivity index (χ0) is 45.8. The molecule has 15 nitrogen and oxygen atoms in total. The van der Waals surface area contributed by atoms with Crippen LogP contribution >= 0.6 is 0 Å². The van der Waals surface area contributed by atoms with Crippen molar-refractivity contribution in [2.75, 3.05) is 17.9 Å². The minimum atomic E-state index is -2.06. The summed E-state index contributed by atoms with van der Waals surface area (Å²) in [5.74, 6) is -8.51. The Morgan fingerprint density at radius 1 is 0.919 bits per heavy atom. The molecule has 332 valence electrons. The van der Waals surface area contributed by atoms with Crippen molar-refractivity contribution in [1.82, 2.24) is 0 Å². The molecule has 7 N–H and O–H groups in total. The van der Waals surface area contributed by atoms with E-state index in [-0.39, 0.29) is 44.5 Å². The molecule has 9 atom stereocenters. The van der Waals surface area contributed by atoms with Crippen LogP contribution in [-0.2, 0) is 23.8 Å². The Balaban J connectivity index is 1.71. The number of amides is 1. The van der Waals surface area contributed by atoms with Crippen LogP contribution in [0.2, 0.25) is 0 Å². The highest BCUT2D eigenvalue weighted by Gasteiger charge is 2.50. The molecule has 0 spiro atoms. The molecule has 3 aromatic carbocycles. The molecule has 0 fully saturated rings. The van der Waals surface area contributed by atoms with Crippen LogP contribution in [-0.4, -0.2) is 86.2 Å². The number of para-hydroxylation sites is 1. The highest BCUT2D eigenvalue weighted by molar-refractivity contribution is 6.23. The van der Waals surface area contributed by atoms with Gasteiger partial charge in [0.25, 0.3) is 11.7 Å². The van der Waals surface area contributed by atoms with Crippen LogP contribution in [0.25, 0.3) is 16.8 Å². The summed E-state index contributed by atoms with van der Waals surface area (Å²) < 4.78 is 23.6. The summed E-state index contributed by atoms with van der Waals surface area (Å²) in [4.78, 5) is 40.6. The number of benzene rings is 3. The SMILES string of the molecule is COC1C=COC2(C)Oc3c(C)c(O)c4c(O)c(c(/C=C/C(C)=N/Nc5ccccc5)c(O)c4c3C2=O)NC(=O)C(C)=CC=CC(C)C(O)C(C)C(O)C(C)C(OC(C)=O)C1C. The molecule has 1 amide bonds. The lowest BCUT2D eigenvalue weighted by Gasteiger charge is -2.38. The van der Waals surface area contributed by atoms with E-state index < -0.39 is 88.8 Å². The highest BCUT2D eigenvalue weighted by Crippen LogP contribution is 2.55. The summed E-state index contributed by atoms with van der Waals surface area (Å²) in [5, 5.41) is 65.0. The van der Waals surface area contributed by atoms with Gasteiger partial charge in [-0.2, -0.15) is 5.10 Å². The Morgan fingerprint density at radius 2 is 1.60 bits per heavy atom. The van der Waals surface area contributed by atoms with E-state index in [4.69, 9.17) is 18.9 Å². The number of ether oxygens (including phenoxy) is 4. The van der Waals surface area contributed by atoms with Gasteiger partial charge in [-0.05, 0) is 51.1 Å². The van der Waals surface area contributed by atoms with Crippen molar-refractivity contribution in [3.8, 4) is 23.0 Å². The number of phenolic OH excluding ortho intramolecular Hbond substituents is 3. The van der Waals surface area contributed by atoms with Crippen LogP contribution in [0.15, 0.2) is 77.6 Å². The number of aromatic hydroxyl groups is 3. The van der Waals surface area contributed by atoms with Gasteiger partial charge in [0.2, 0.25) is 0 Å². The molecule has 15 heteroatoms. The van der Waals surface area contributed by atoms with Crippen LogP contribution in [0.5, 0.6) is 23.0 Å². The largest absolute Gasteiger partial charge is 0.507 e. The number of phenols is 3. The Hall–Kier alpha value is -6.16. The lowest BCUT2D eigenvalue weighted by molar-refractivity contribution is -0.160. The normalized spacial score (nSPS) is 27.5. The van der Waals surface area contributed by atoms with Gasteiger partial charge in [-0.3, -0.25) is 19.8 Å². The first kappa shape index (κ1) is 46.9. The van der Waals surface area contributed by atoms with Crippen LogP contribution in [0.1, 0.15) is 76.9 Å². The number of nitrogens with zero attached hydrogens (tertiary/aromatic N) is 1. The van der Waals surface area contributed by atoms with Gasteiger partial charge in [-0.15, -0.1) is 0 Å². The number of hydrogen-bond donors (Lipinski definition) is 7. The number of nitrogens with one attached hydrogen (secondary N) is 2. The topological polar surface area (TPSA) is 226 Å². The number of aliphatic hydroxyl groups excluding tert-OH is 2. The average molecular weight is 856 g/mol. The molecule has 3 aliphatic heterocycles. The molecule has 0 aliphatic carbocycles. The maximum atomic E-state index is 14.5. The van der Waals surface area contributed by atoms with Crippen molar-refractivity contribution in [2.45, 2.75) is 92.5 Å². The molecular formula is C47H57N3O12. The number of Topliss-reactive ketones (excluding diaryl/α,β-unsaturated/α-hetero) is 1. The monoisotopic (exact) mass is 855 g/mol. The van der Waals surface area contributed by atoms with Crippen molar-refractivity contribution in [1.29, 1.82) is 0 Å². The summed E-state index contributed by atoms with van der Waals surface area (Å²) in [6, 6.07) is 9.16. The number of carbonyl (C=O) groups is 3. The Morgan fingerprint density at radius 3 is 2.24 bits per heavy atom. The minimum absolute atomic E-state index is 0.0415. The van der Waals surface area contributed by atoms with E-state index in [1.807, 2.05) is 30.3 Å². The van der Waals surface area contributed by atoms with Gasteiger partial charge in [0.05, 0.1) is 52.6 Å². The second-order valence-electron chi connectivity index (χ2n) is 16.2. The molecule has 6 rings (SSSR count). The predicted molar refractivity (Wildman–Crippen MR) is 236 cm³/mol. The van der Waals surface area contributed by atoms with Gasteiger partial charge in [-0.1, -0.05) is 64.1 Å². The van der Waals surface area contributed by atoms with Gasteiger partial charge < -0.3 is 49.8 Å². The maximum Gasteiger partial charge on any atom is 0.312 e. The van der Waals surface area contributed by atoms with E-state index in [1.54, 1.807) is 46.8 Å². The fourth-order valence-electron chi connectivity index (χ4n) is 7.82. The number of rotatable bonds is 6. The number of aliphatic hydroxyl groups is 2. The van der Waals surface area contributed by atoms with E-state index in [0.29, 0.717) is 11.4 Å². The third-order valence-corrected chi connectivity index (χ3v) is 11.7. The summed E-state index contributed by atoms with van der Waals surface area (Å²) in [6.07, 6.45) is 6.40. The fourth-order valence-corrected chi connectivity index (χ4v) is 7.82. The lowest BCUT2D eigenvalue weighted by Crippen LogP contribution is -2.46. The number of fused-ring (bicyclic) bond motifs is 14. The second kappa shape index (κ2) is 19.3. The van der Waals surface area contributed by atoms with Gasteiger partial charge in [0.15, 0.2) is 5.75 Å². The molecule has 3 heterocycles. The van der Waals surface area contributed by atoms with Crippen LogP contribution in [0, 0.1) is 30.6 Å². The molecule has 3 aliphatic rings. The first-order valence-corrected chi connectivity index (χ1v) is 20.3. The molecule has 62 heavy (non-hydrogen) atoms. The Labute approximate surface area is 361 Å². The summed E-state index contributed by atoms with van der Waals surface area (Å²) in [5.41, 5.74) is 3.66. The molecular weight excluding hydrogens is 799 g/mol. The van der Waals surface area contributed by atoms with Crippen LogP contribution < -0.4 is 15.5 Å². The molecule has 0 radical (unpaired) electrons. The molecule has 0 aromatic heterocycles. The zero-order valence-corrected chi connectivity index (χ0v) is 36.6. The molecule has 9 unspecified atom stereocenters. The van der Waals surface area contributed by atoms with E-state index in [0.717, 1.165) is 0 Å². The van der Waals surface area contributed by atoms with Crippen molar-refractivity contribution in [2.24, 2.45) is 28.8 Å². The Bertz CT molecular complexity index is 2350. The van der Waals surface area contributed by atoms with Crippen molar-refractivity contribution >= 4 is 51.6 Å². The number of esters is 1. The van der Waals surface area contributed by atoms with Crippen LogP contribution in [0.4, 0.5) is 11.4 Å². The van der Waals surface area contributed by atoms with Gasteiger partial charge >= 0.3 is 11.8 Å². The quantitative estimate of drug-likeness (QED) is 0.0427. The molecule has 0 saturated carbocycles. The first-order chi connectivity index (χ1) is 29.2. The number of allylic oxidation sites excluding steroid dienone is 3. The number of carbonyl (C=O) groups excluding carboxylic acids is 3. The average Bonchev–Trinajstić information content (AvgIpc) is 3.51. The third kappa shape index (κ3) is 9.49. The number of hydrazone groups is 1. The molecule has 0 saturated heterocycles. The summed E-state index contributed by atoms with van der Waals surface area (Å²) in [6.45, 7) is 14.2. The van der Waals surface area contributed by atoms with Crippen molar-refractivity contribution < 1.29 is 58.9 Å². The smallest absolute Gasteiger partial charge is 0.312 e. The van der Waals surface area contributed by atoms with Gasteiger partial charge in [0, 0.05) is 66.7 Å². The number of ketones is 1. The van der Waals surface area contributed by atoms with Gasteiger partial charge in [-0.25, -0.2) is 0 Å². The Kier molecular flexibility index (Phi) is 14.6.